The summed E-state index contributed by atoms with van der Waals surface area (Å²) in [5.74, 6) is 0.958. The Morgan fingerprint density at radius 1 is 1.26 bits per heavy atom. The Morgan fingerprint density at radius 3 is 2.89 bits per heavy atom. The first-order valence-electron chi connectivity index (χ1n) is 5.41. The molecule has 0 radical (unpaired) electrons. The van der Waals surface area contributed by atoms with Crippen LogP contribution in [0.3, 0.4) is 0 Å². The van der Waals surface area contributed by atoms with E-state index in [-0.39, 0.29) is 18.2 Å². The van der Waals surface area contributed by atoms with Gasteiger partial charge in [-0.05, 0) is 12.1 Å². The molecule has 19 heavy (non-hydrogen) atoms. The van der Waals surface area contributed by atoms with Gasteiger partial charge in [-0.2, -0.15) is 0 Å². The van der Waals surface area contributed by atoms with E-state index >= 15 is 0 Å². The quantitative estimate of drug-likeness (QED) is 0.895. The number of hydrogen-bond acceptors (Lipinski definition) is 6. The number of benzene rings is 1. The molecule has 7 nitrogen and oxygen atoms in total. The smallest absolute Gasteiger partial charge is 0.241 e. The first kappa shape index (κ1) is 12.0. The van der Waals surface area contributed by atoms with Crippen LogP contribution in [0.15, 0.2) is 40.2 Å². The molecule has 3 rings (SSSR count). The van der Waals surface area contributed by atoms with E-state index in [4.69, 9.17) is 13.9 Å². The molecule has 0 atom stereocenters. The zero-order valence-electron chi connectivity index (χ0n) is 9.70. The first-order valence-corrected chi connectivity index (χ1v) is 6.90. The summed E-state index contributed by atoms with van der Waals surface area (Å²) in [6.07, 6.45) is 2.62. The molecule has 0 saturated heterocycles. The minimum absolute atomic E-state index is 0.0628. The molecule has 0 spiro atoms. The molecule has 0 fully saturated rings. The molecule has 2 aromatic rings. The molecule has 2 heterocycles. The average molecular weight is 282 g/mol. The van der Waals surface area contributed by atoms with Crippen molar-refractivity contribution in [3.05, 3.63) is 36.5 Å². The molecule has 1 aromatic heterocycles. The van der Waals surface area contributed by atoms with Crippen LogP contribution in [0.1, 0.15) is 5.69 Å². The summed E-state index contributed by atoms with van der Waals surface area (Å²) in [6, 6.07) is 4.44. The van der Waals surface area contributed by atoms with Crippen LogP contribution in [0.4, 0.5) is 0 Å². The van der Waals surface area contributed by atoms with E-state index in [1.165, 1.54) is 24.8 Å². The highest BCUT2D eigenvalue weighted by Gasteiger charge is 2.20. The number of ether oxygens (including phenoxy) is 2. The lowest BCUT2D eigenvalue weighted by atomic mass is 10.3. The summed E-state index contributed by atoms with van der Waals surface area (Å²) in [5, 5.41) is 0. The number of rotatable bonds is 4. The van der Waals surface area contributed by atoms with Gasteiger partial charge in [-0.15, -0.1) is 0 Å². The van der Waals surface area contributed by atoms with Gasteiger partial charge in [-0.25, -0.2) is 18.1 Å². The molecule has 1 aromatic carbocycles. The van der Waals surface area contributed by atoms with Crippen molar-refractivity contribution in [1.29, 1.82) is 0 Å². The number of aromatic nitrogens is 1. The van der Waals surface area contributed by atoms with Crippen LogP contribution in [-0.2, 0) is 16.6 Å². The summed E-state index contributed by atoms with van der Waals surface area (Å²) in [5.41, 5.74) is 0.504. The lowest BCUT2D eigenvalue weighted by molar-refractivity contribution is 0.174. The fourth-order valence-electron chi connectivity index (χ4n) is 1.62. The summed E-state index contributed by atoms with van der Waals surface area (Å²) in [6.45, 7) is 0.165. The molecule has 8 heteroatoms. The molecule has 0 bridgehead atoms. The van der Waals surface area contributed by atoms with Gasteiger partial charge in [0.05, 0.1) is 17.1 Å². The number of nitrogens with one attached hydrogen (secondary N) is 1. The first-order chi connectivity index (χ1) is 9.15. The molecule has 1 aliphatic heterocycles. The normalized spacial score (nSPS) is 13.7. The van der Waals surface area contributed by atoms with E-state index < -0.39 is 10.0 Å². The number of hydrogen-bond donors (Lipinski definition) is 1. The van der Waals surface area contributed by atoms with E-state index in [9.17, 15) is 8.42 Å². The Morgan fingerprint density at radius 2 is 2.11 bits per heavy atom. The number of nitrogens with zero attached hydrogens (tertiary/aromatic N) is 1. The highest BCUT2D eigenvalue weighted by Crippen LogP contribution is 2.33. The maximum absolute atomic E-state index is 12.1. The van der Waals surface area contributed by atoms with Gasteiger partial charge in [0.1, 0.15) is 6.26 Å². The van der Waals surface area contributed by atoms with Crippen LogP contribution in [-0.4, -0.2) is 20.2 Å². The Bertz CT molecular complexity index is 681. The second-order valence-electron chi connectivity index (χ2n) is 3.82. The zero-order valence-corrected chi connectivity index (χ0v) is 10.5. The van der Waals surface area contributed by atoms with Crippen LogP contribution >= 0.6 is 0 Å². The van der Waals surface area contributed by atoms with Crippen molar-refractivity contribution in [3.63, 3.8) is 0 Å². The van der Waals surface area contributed by atoms with E-state index in [0.29, 0.717) is 17.2 Å². The standard InChI is InChI=1S/C11H10N2O5S/c14-19(15,13-4-8-5-16-6-12-8)9-1-2-10-11(3-9)18-7-17-10/h1-3,5-6,13H,4,7H2. The fourth-order valence-corrected chi connectivity index (χ4v) is 2.64. The molecule has 100 valence electrons. The summed E-state index contributed by atoms with van der Waals surface area (Å²) in [7, 11) is -3.63. The van der Waals surface area contributed by atoms with Crippen LogP contribution in [0.2, 0.25) is 0 Å². The average Bonchev–Trinajstić information content (AvgIpc) is 3.06. The Balaban J connectivity index is 1.80. The van der Waals surface area contributed by atoms with Crippen LogP contribution in [0.25, 0.3) is 0 Å². The number of oxazole rings is 1. The molecule has 0 aliphatic carbocycles. The second kappa shape index (κ2) is 4.56. The maximum Gasteiger partial charge on any atom is 0.241 e. The van der Waals surface area contributed by atoms with Crippen LogP contribution in [0.5, 0.6) is 11.5 Å². The molecule has 0 unspecified atom stereocenters. The summed E-state index contributed by atoms with van der Waals surface area (Å²) >= 11 is 0. The van der Waals surface area contributed by atoms with Gasteiger partial charge >= 0.3 is 0 Å². The molecular weight excluding hydrogens is 272 g/mol. The van der Waals surface area contributed by atoms with Gasteiger partial charge in [0, 0.05) is 6.07 Å². The third-order valence-electron chi connectivity index (χ3n) is 2.58. The van der Waals surface area contributed by atoms with Gasteiger partial charge in [0.2, 0.25) is 16.8 Å². The lowest BCUT2D eigenvalue weighted by Gasteiger charge is -2.05. The molecule has 0 amide bonds. The third kappa shape index (κ3) is 2.40. The lowest BCUT2D eigenvalue weighted by Crippen LogP contribution is -2.23. The minimum atomic E-state index is -3.63. The van der Waals surface area contributed by atoms with Gasteiger partial charge in [-0.1, -0.05) is 0 Å². The van der Waals surface area contributed by atoms with E-state index in [2.05, 4.69) is 9.71 Å². The Kier molecular flexibility index (Phi) is 2.88. The second-order valence-corrected chi connectivity index (χ2v) is 5.59. The van der Waals surface area contributed by atoms with E-state index in [1.54, 1.807) is 6.07 Å². The van der Waals surface area contributed by atoms with Gasteiger partial charge in [0.15, 0.2) is 17.9 Å². The predicted octanol–water partition coefficient (Wildman–Crippen LogP) is 0.882. The van der Waals surface area contributed by atoms with Crippen molar-refractivity contribution in [2.24, 2.45) is 0 Å². The topological polar surface area (TPSA) is 90.7 Å². The highest BCUT2D eigenvalue weighted by molar-refractivity contribution is 7.89. The maximum atomic E-state index is 12.1. The Labute approximate surface area is 109 Å². The fraction of sp³-hybridized carbons (Fsp3) is 0.182. The number of sulfonamides is 1. The highest BCUT2D eigenvalue weighted by atomic mass is 32.2. The molecule has 1 aliphatic rings. The van der Waals surface area contributed by atoms with E-state index in [0.717, 1.165) is 0 Å². The zero-order chi connectivity index (χ0) is 13.3. The minimum Gasteiger partial charge on any atom is -0.454 e. The monoisotopic (exact) mass is 282 g/mol. The third-order valence-corrected chi connectivity index (χ3v) is 3.98. The van der Waals surface area contributed by atoms with Crippen molar-refractivity contribution in [3.8, 4) is 11.5 Å². The van der Waals surface area contributed by atoms with Crippen molar-refractivity contribution in [2.45, 2.75) is 11.4 Å². The van der Waals surface area contributed by atoms with Crippen LogP contribution in [0, 0.1) is 0 Å². The van der Waals surface area contributed by atoms with E-state index in [1.807, 2.05) is 0 Å². The largest absolute Gasteiger partial charge is 0.454 e. The predicted molar refractivity (Wildman–Crippen MR) is 63.1 cm³/mol. The Hall–Kier alpha value is -2.06. The van der Waals surface area contributed by atoms with Crippen molar-refractivity contribution in [1.82, 2.24) is 9.71 Å². The van der Waals surface area contributed by atoms with Gasteiger partial charge in [-0.3, -0.25) is 0 Å². The SMILES string of the molecule is O=S(=O)(NCc1cocn1)c1ccc2c(c1)OCO2. The summed E-state index contributed by atoms with van der Waals surface area (Å²) in [4.78, 5) is 3.94. The molecule has 0 saturated carbocycles. The summed E-state index contributed by atoms with van der Waals surface area (Å²) < 4.78 is 41.6. The van der Waals surface area contributed by atoms with Crippen molar-refractivity contribution in [2.75, 3.05) is 6.79 Å². The number of fused-ring (bicyclic) bond motifs is 1. The van der Waals surface area contributed by atoms with Crippen molar-refractivity contribution >= 4 is 10.0 Å². The van der Waals surface area contributed by atoms with Crippen molar-refractivity contribution < 1.29 is 22.3 Å². The molecular formula is C11H10N2O5S. The van der Waals surface area contributed by atoms with Gasteiger partial charge in [0.25, 0.3) is 0 Å². The van der Waals surface area contributed by atoms with Gasteiger partial charge < -0.3 is 13.9 Å². The molecule has 1 N–H and O–H groups in total. The van der Waals surface area contributed by atoms with Crippen LogP contribution < -0.4 is 14.2 Å².